The van der Waals surface area contributed by atoms with Crippen molar-refractivity contribution in [2.45, 2.75) is 6.92 Å². The zero-order valence-electron chi connectivity index (χ0n) is 8.25. The number of nitrogens with one attached hydrogen (secondary N) is 1. The van der Waals surface area contributed by atoms with Crippen molar-refractivity contribution in [2.24, 2.45) is 0 Å². The summed E-state index contributed by atoms with van der Waals surface area (Å²) in [6, 6.07) is 10.4. The molecule has 1 heteroatoms. The van der Waals surface area contributed by atoms with E-state index in [0.29, 0.717) is 0 Å². The molecule has 0 aliphatic carbocycles. The van der Waals surface area contributed by atoms with Gasteiger partial charge in [-0.05, 0) is 29.7 Å². The normalized spacial score (nSPS) is 10.1. The predicted molar refractivity (Wildman–Crippen MR) is 60.9 cm³/mol. The van der Waals surface area contributed by atoms with Gasteiger partial charge in [0.1, 0.15) is 0 Å². The number of benzene rings is 1. The quantitative estimate of drug-likeness (QED) is 0.730. The lowest BCUT2D eigenvalue weighted by molar-refractivity contribution is 1.41. The molecule has 0 aliphatic rings. The molecule has 0 amide bonds. The van der Waals surface area contributed by atoms with Gasteiger partial charge in [-0.2, -0.15) is 0 Å². The minimum atomic E-state index is 1.10. The molecule has 2 rings (SSSR count). The molecule has 0 atom stereocenters. The van der Waals surface area contributed by atoms with Crippen molar-refractivity contribution in [3.05, 3.63) is 54.9 Å². The Labute approximate surface area is 84.1 Å². The van der Waals surface area contributed by atoms with Crippen LogP contribution in [0.1, 0.15) is 12.5 Å². The van der Waals surface area contributed by atoms with Crippen molar-refractivity contribution < 1.29 is 0 Å². The van der Waals surface area contributed by atoms with Gasteiger partial charge >= 0.3 is 0 Å². The molecular weight excluding hydrogens is 170 g/mol. The zero-order valence-corrected chi connectivity index (χ0v) is 8.25. The summed E-state index contributed by atoms with van der Waals surface area (Å²) in [7, 11) is 0. The number of hydrogen-bond donors (Lipinski definition) is 1. The molecule has 0 radical (unpaired) electrons. The van der Waals surface area contributed by atoms with Crippen LogP contribution in [-0.2, 0) is 0 Å². The van der Waals surface area contributed by atoms with E-state index in [1.54, 1.807) is 0 Å². The van der Waals surface area contributed by atoms with Gasteiger partial charge in [-0.1, -0.05) is 36.4 Å². The highest BCUT2D eigenvalue weighted by Gasteiger charge is 2.04. The van der Waals surface area contributed by atoms with Gasteiger partial charge in [-0.25, -0.2) is 0 Å². The maximum absolute atomic E-state index is 3.99. The van der Waals surface area contributed by atoms with Gasteiger partial charge in [-0.15, -0.1) is 0 Å². The summed E-state index contributed by atoms with van der Waals surface area (Å²) in [5.41, 5.74) is 4.76. The van der Waals surface area contributed by atoms with E-state index in [0.717, 1.165) is 5.57 Å². The summed E-state index contributed by atoms with van der Waals surface area (Å²) in [5, 5.41) is 0. The largest absolute Gasteiger partial charge is 0.367 e. The number of allylic oxidation sites excluding steroid dienone is 1. The Kier molecular flexibility index (Phi) is 2.23. The van der Waals surface area contributed by atoms with Crippen LogP contribution in [0.5, 0.6) is 0 Å². The lowest BCUT2D eigenvalue weighted by Gasteiger charge is -2.06. The molecule has 1 aromatic heterocycles. The molecule has 0 aliphatic heterocycles. The summed E-state index contributed by atoms with van der Waals surface area (Å²) in [6.45, 7) is 6.02. The fourth-order valence-corrected chi connectivity index (χ4v) is 1.60. The first-order valence-electron chi connectivity index (χ1n) is 4.67. The Bertz CT molecular complexity index is 438. The smallest absolute Gasteiger partial charge is 0.00843 e. The molecular formula is C13H13N. The van der Waals surface area contributed by atoms with Crippen LogP contribution < -0.4 is 0 Å². The Morgan fingerprint density at radius 3 is 2.64 bits per heavy atom. The molecule has 14 heavy (non-hydrogen) atoms. The average molecular weight is 183 g/mol. The number of H-pyrrole nitrogens is 1. The predicted octanol–water partition coefficient (Wildman–Crippen LogP) is 3.71. The van der Waals surface area contributed by atoms with Crippen LogP contribution in [0.25, 0.3) is 16.7 Å². The summed E-state index contributed by atoms with van der Waals surface area (Å²) >= 11 is 0. The Morgan fingerprint density at radius 2 is 2.00 bits per heavy atom. The van der Waals surface area contributed by atoms with E-state index < -0.39 is 0 Å². The van der Waals surface area contributed by atoms with Crippen LogP contribution in [0.4, 0.5) is 0 Å². The van der Waals surface area contributed by atoms with Gasteiger partial charge in [-0.3, -0.25) is 0 Å². The van der Waals surface area contributed by atoms with Crippen molar-refractivity contribution in [3.8, 4) is 11.1 Å². The molecule has 1 nitrogen and oxygen atoms in total. The van der Waals surface area contributed by atoms with Crippen molar-refractivity contribution in [1.82, 2.24) is 4.98 Å². The van der Waals surface area contributed by atoms with Crippen molar-refractivity contribution in [2.75, 3.05) is 0 Å². The van der Waals surface area contributed by atoms with Crippen molar-refractivity contribution in [3.63, 3.8) is 0 Å². The third kappa shape index (κ3) is 1.49. The minimum absolute atomic E-state index is 1.10. The van der Waals surface area contributed by atoms with Crippen LogP contribution in [-0.4, -0.2) is 4.98 Å². The molecule has 1 heterocycles. The molecule has 2 aromatic rings. The summed E-state index contributed by atoms with van der Waals surface area (Å²) in [4.78, 5) is 3.06. The summed E-state index contributed by atoms with van der Waals surface area (Å²) in [5.74, 6) is 0. The van der Waals surface area contributed by atoms with E-state index in [-0.39, 0.29) is 0 Å². The Morgan fingerprint density at radius 1 is 1.21 bits per heavy atom. The highest BCUT2D eigenvalue weighted by molar-refractivity contribution is 5.79. The standard InChI is InChI=1S/C13H13N/c1-10(2)12-5-3-4-6-13(12)11-7-8-14-9-11/h3-9,14H,1H2,2H3. The van der Waals surface area contributed by atoms with E-state index in [1.165, 1.54) is 16.7 Å². The van der Waals surface area contributed by atoms with Gasteiger partial charge in [0.2, 0.25) is 0 Å². The topological polar surface area (TPSA) is 15.8 Å². The summed E-state index contributed by atoms with van der Waals surface area (Å²) < 4.78 is 0. The van der Waals surface area contributed by atoms with Gasteiger partial charge in [0.15, 0.2) is 0 Å². The zero-order chi connectivity index (χ0) is 9.97. The first-order chi connectivity index (χ1) is 6.79. The molecule has 0 saturated carbocycles. The molecule has 0 unspecified atom stereocenters. The molecule has 70 valence electrons. The molecule has 0 fully saturated rings. The summed E-state index contributed by atoms with van der Waals surface area (Å²) in [6.07, 6.45) is 3.94. The Hall–Kier alpha value is -1.76. The van der Waals surface area contributed by atoms with Crippen LogP contribution >= 0.6 is 0 Å². The number of aromatic nitrogens is 1. The van der Waals surface area contributed by atoms with E-state index in [2.05, 4.69) is 35.8 Å². The van der Waals surface area contributed by atoms with Crippen LogP contribution in [0, 0.1) is 0 Å². The van der Waals surface area contributed by atoms with Crippen molar-refractivity contribution in [1.29, 1.82) is 0 Å². The molecule has 0 spiro atoms. The molecule has 1 aromatic carbocycles. The maximum atomic E-state index is 3.99. The van der Waals surface area contributed by atoms with Crippen LogP contribution in [0.2, 0.25) is 0 Å². The number of hydrogen-bond acceptors (Lipinski definition) is 0. The van der Waals surface area contributed by atoms with E-state index >= 15 is 0 Å². The van der Waals surface area contributed by atoms with Gasteiger partial charge < -0.3 is 4.98 Å². The van der Waals surface area contributed by atoms with Crippen LogP contribution in [0.3, 0.4) is 0 Å². The highest BCUT2D eigenvalue weighted by Crippen LogP contribution is 2.27. The van der Waals surface area contributed by atoms with Crippen LogP contribution in [0.15, 0.2) is 49.3 Å². The second-order valence-corrected chi connectivity index (χ2v) is 3.43. The van der Waals surface area contributed by atoms with Crippen molar-refractivity contribution >= 4 is 5.57 Å². The first-order valence-corrected chi connectivity index (χ1v) is 4.67. The average Bonchev–Trinajstić information content (AvgIpc) is 2.70. The highest BCUT2D eigenvalue weighted by atomic mass is 14.6. The first kappa shape index (κ1) is 8.82. The van der Waals surface area contributed by atoms with Gasteiger partial charge in [0.25, 0.3) is 0 Å². The SMILES string of the molecule is C=C(C)c1ccccc1-c1cc[nH]c1. The maximum Gasteiger partial charge on any atom is 0.00843 e. The van der Waals surface area contributed by atoms with E-state index in [1.807, 2.05) is 25.4 Å². The van der Waals surface area contributed by atoms with E-state index in [9.17, 15) is 0 Å². The second kappa shape index (κ2) is 3.54. The lowest BCUT2D eigenvalue weighted by Crippen LogP contribution is -1.83. The number of rotatable bonds is 2. The van der Waals surface area contributed by atoms with E-state index in [4.69, 9.17) is 0 Å². The monoisotopic (exact) mass is 183 g/mol. The fraction of sp³-hybridized carbons (Fsp3) is 0.0769. The number of aromatic amines is 1. The fourth-order valence-electron chi connectivity index (χ4n) is 1.60. The lowest BCUT2D eigenvalue weighted by atomic mass is 9.98. The molecule has 1 N–H and O–H groups in total. The Balaban J connectivity index is 2.58. The van der Waals surface area contributed by atoms with Gasteiger partial charge in [0, 0.05) is 12.4 Å². The van der Waals surface area contributed by atoms with Gasteiger partial charge in [0.05, 0.1) is 0 Å². The molecule has 0 saturated heterocycles. The second-order valence-electron chi connectivity index (χ2n) is 3.43. The third-order valence-corrected chi connectivity index (χ3v) is 2.30. The minimum Gasteiger partial charge on any atom is -0.367 e. The third-order valence-electron chi connectivity index (χ3n) is 2.30. The molecule has 0 bridgehead atoms.